The van der Waals surface area contributed by atoms with Gasteiger partial charge < -0.3 is 24.2 Å². The lowest BCUT2D eigenvalue weighted by molar-refractivity contribution is 0.0532. The number of hydrogen-bond acceptors (Lipinski definition) is 7. The Kier molecular flexibility index (Phi) is 6.77. The second kappa shape index (κ2) is 9.27. The molecular weight excluding hydrogens is 380 g/mol. The molecule has 0 bridgehead atoms. The second-order valence-corrected chi connectivity index (χ2v) is 7.52. The summed E-state index contributed by atoms with van der Waals surface area (Å²) in [4.78, 5) is 17.9. The summed E-state index contributed by atoms with van der Waals surface area (Å²) < 4.78 is 16.0. The average molecular weight is 407 g/mol. The summed E-state index contributed by atoms with van der Waals surface area (Å²) in [5.74, 6) is 1.32. The number of carbonyl (C=O) groups excluding carboxylic acids is 1. The van der Waals surface area contributed by atoms with Gasteiger partial charge >= 0.3 is 0 Å². The Morgan fingerprint density at radius 1 is 1.11 bits per heavy atom. The Balaban J connectivity index is 1.63. The number of methoxy groups -OCH3 is 3. The number of β-amino-alcohol motifs (C(OH)–C–C–N with tert-alkyl or cyclic N) is 1. The third kappa shape index (κ3) is 4.40. The van der Waals surface area contributed by atoms with Crippen LogP contribution in [-0.4, -0.2) is 74.9 Å². The third-order valence-electron chi connectivity index (χ3n) is 4.87. The molecule has 1 aromatic carbocycles. The Morgan fingerprint density at radius 2 is 1.75 bits per heavy atom. The lowest BCUT2D eigenvalue weighted by Crippen LogP contribution is -2.49. The van der Waals surface area contributed by atoms with Crippen LogP contribution in [0.25, 0.3) is 0 Å². The minimum Gasteiger partial charge on any atom is -0.493 e. The van der Waals surface area contributed by atoms with Crippen molar-refractivity contribution in [1.29, 1.82) is 0 Å². The van der Waals surface area contributed by atoms with Crippen molar-refractivity contribution >= 4 is 17.2 Å². The zero-order chi connectivity index (χ0) is 20.1. The van der Waals surface area contributed by atoms with Gasteiger partial charge in [0.2, 0.25) is 5.75 Å². The van der Waals surface area contributed by atoms with E-state index in [1.165, 1.54) is 21.3 Å². The van der Waals surface area contributed by atoms with Gasteiger partial charge in [0.15, 0.2) is 11.5 Å². The number of amides is 1. The number of aliphatic hydroxyl groups is 1. The number of aliphatic hydroxyl groups excluding tert-OH is 1. The monoisotopic (exact) mass is 406 g/mol. The maximum Gasteiger partial charge on any atom is 0.254 e. The van der Waals surface area contributed by atoms with Crippen LogP contribution in [0.4, 0.5) is 0 Å². The molecule has 7 nitrogen and oxygen atoms in total. The molecule has 152 valence electrons. The van der Waals surface area contributed by atoms with Crippen LogP contribution in [0.2, 0.25) is 0 Å². The lowest BCUT2D eigenvalue weighted by Gasteiger charge is -2.35. The van der Waals surface area contributed by atoms with E-state index in [2.05, 4.69) is 4.90 Å². The highest BCUT2D eigenvalue weighted by molar-refractivity contribution is 7.10. The van der Waals surface area contributed by atoms with E-state index in [0.717, 1.165) is 18.0 Å². The maximum absolute atomic E-state index is 13.0. The van der Waals surface area contributed by atoms with Crippen LogP contribution in [0.5, 0.6) is 17.2 Å². The fourth-order valence-corrected chi connectivity index (χ4v) is 4.04. The van der Waals surface area contributed by atoms with E-state index in [1.807, 2.05) is 22.4 Å². The van der Waals surface area contributed by atoms with E-state index in [1.54, 1.807) is 23.5 Å². The van der Waals surface area contributed by atoms with E-state index < -0.39 is 6.10 Å². The Morgan fingerprint density at radius 3 is 2.25 bits per heavy atom. The van der Waals surface area contributed by atoms with Crippen molar-refractivity contribution in [2.45, 2.75) is 6.10 Å². The molecule has 8 heteroatoms. The van der Waals surface area contributed by atoms with Crippen molar-refractivity contribution in [2.75, 3.05) is 54.1 Å². The normalized spacial score (nSPS) is 15.9. The zero-order valence-corrected chi connectivity index (χ0v) is 17.2. The molecule has 1 aliphatic heterocycles. The summed E-state index contributed by atoms with van der Waals surface area (Å²) in [5, 5.41) is 12.3. The van der Waals surface area contributed by atoms with Gasteiger partial charge in [-0.3, -0.25) is 9.69 Å². The first kappa shape index (κ1) is 20.4. The molecule has 1 atom stereocenters. The number of carbonyl (C=O) groups is 1. The molecule has 1 amide bonds. The van der Waals surface area contributed by atoms with Gasteiger partial charge in [-0.2, -0.15) is 0 Å². The summed E-state index contributed by atoms with van der Waals surface area (Å²) in [5.41, 5.74) is 0.501. The highest BCUT2D eigenvalue weighted by atomic mass is 32.1. The van der Waals surface area contributed by atoms with Gasteiger partial charge in [0.1, 0.15) is 6.10 Å². The molecule has 0 spiro atoms. The van der Waals surface area contributed by atoms with Crippen LogP contribution in [-0.2, 0) is 0 Å². The van der Waals surface area contributed by atoms with Gasteiger partial charge in [-0.25, -0.2) is 0 Å². The number of ether oxygens (including phenoxy) is 3. The van der Waals surface area contributed by atoms with E-state index in [-0.39, 0.29) is 5.91 Å². The number of hydrogen-bond donors (Lipinski definition) is 1. The predicted molar refractivity (Wildman–Crippen MR) is 108 cm³/mol. The Hall–Kier alpha value is -2.29. The summed E-state index contributed by atoms with van der Waals surface area (Å²) in [6, 6.07) is 7.24. The van der Waals surface area contributed by atoms with E-state index in [9.17, 15) is 9.90 Å². The van der Waals surface area contributed by atoms with Crippen LogP contribution >= 0.6 is 11.3 Å². The average Bonchev–Trinajstić information content (AvgIpc) is 3.27. The molecule has 3 rings (SSSR count). The van der Waals surface area contributed by atoms with Gasteiger partial charge in [0.05, 0.1) is 21.3 Å². The number of thiophene rings is 1. The second-order valence-electron chi connectivity index (χ2n) is 6.54. The van der Waals surface area contributed by atoms with Gasteiger partial charge in [-0.1, -0.05) is 6.07 Å². The molecule has 0 aliphatic carbocycles. The quantitative estimate of drug-likeness (QED) is 0.761. The highest BCUT2D eigenvalue weighted by Gasteiger charge is 2.26. The van der Waals surface area contributed by atoms with Crippen LogP contribution in [0.3, 0.4) is 0 Å². The Bertz CT molecular complexity index is 763. The number of piperazine rings is 1. The van der Waals surface area contributed by atoms with Crippen molar-refractivity contribution in [2.24, 2.45) is 0 Å². The molecule has 2 aromatic rings. The zero-order valence-electron chi connectivity index (χ0n) is 16.4. The molecule has 1 N–H and O–H groups in total. The number of benzene rings is 1. The first-order valence-corrected chi connectivity index (χ1v) is 9.98. The standard InChI is InChI=1S/C20H26N2O5S/c1-25-16-11-14(12-17(26-2)19(16)27-3)20(24)22-8-6-21(7-9-22)13-15(23)18-5-4-10-28-18/h4-5,10-12,15,23H,6-9,13H2,1-3H3. The van der Waals surface area contributed by atoms with E-state index in [0.29, 0.717) is 42.4 Å². The number of rotatable bonds is 7. The minimum atomic E-state index is -0.489. The smallest absolute Gasteiger partial charge is 0.254 e. The molecule has 1 saturated heterocycles. The van der Waals surface area contributed by atoms with Gasteiger partial charge in [-0.15, -0.1) is 11.3 Å². The summed E-state index contributed by atoms with van der Waals surface area (Å²) >= 11 is 1.56. The van der Waals surface area contributed by atoms with Crippen molar-refractivity contribution in [3.05, 3.63) is 40.1 Å². The third-order valence-corrected chi connectivity index (χ3v) is 5.85. The van der Waals surface area contributed by atoms with Crippen molar-refractivity contribution in [1.82, 2.24) is 9.80 Å². The molecule has 2 heterocycles. The topological polar surface area (TPSA) is 71.5 Å². The van der Waals surface area contributed by atoms with E-state index in [4.69, 9.17) is 14.2 Å². The molecule has 1 aliphatic rings. The van der Waals surface area contributed by atoms with Crippen LogP contribution in [0, 0.1) is 0 Å². The minimum absolute atomic E-state index is 0.0716. The summed E-state index contributed by atoms with van der Waals surface area (Å²) in [7, 11) is 4.60. The molecule has 1 unspecified atom stereocenters. The van der Waals surface area contributed by atoms with Gasteiger partial charge in [0, 0.05) is 43.2 Å². The van der Waals surface area contributed by atoms with E-state index >= 15 is 0 Å². The summed E-state index contributed by atoms with van der Waals surface area (Å²) in [6.45, 7) is 3.23. The van der Waals surface area contributed by atoms with Crippen molar-refractivity contribution < 1.29 is 24.1 Å². The first-order valence-electron chi connectivity index (χ1n) is 9.10. The number of nitrogens with zero attached hydrogens (tertiary/aromatic N) is 2. The predicted octanol–water partition coefficient (Wildman–Crippen LogP) is 2.27. The van der Waals surface area contributed by atoms with Crippen molar-refractivity contribution in [3.63, 3.8) is 0 Å². The molecule has 0 radical (unpaired) electrons. The molecule has 0 saturated carbocycles. The molecule has 1 aromatic heterocycles. The lowest BCUT2D eigenvalue weighted by atomic mass is 10.1. The fourth-order valence-electron chi connectivity index (χ4n) is 3.34. The molecule has 28 heavy (non-hydrogen) atoms. The maximum atomic E-state index is 13.0. The van der Waals surface area contributed by atoms with Crippen molar-refractivity contribution in [3.8, 4) is 17.2 Å². The first-order chi connectivity index (χ1) is 13.6. The van der Waals surface area contributed by atoms with Crippen LogP contribution < -0.4 is 14.2 Å². The largest absolute Gasteiger partial charge is 0.493 e. The fraction of sp³-hybridized carbons (Fsp3) is 0.450. The van der Waals surface area contributed by atoms with Crippen LogP contribution in [0.15, 0.2) is 29.6 Å². The Labute approximate surface area is 169 Å². The molecular formula is C20H26N2O5S. The highest BCUT2D eigenvalue weighted by Crippen LogP contribution is 2.38. The SMILES string of the molecule is COc1cc(C(=O)N2CCN(CC(O)c3cccs3)CC2)cc(OC)c1OC. The van der Waals surface area contributed by atoms with Gasteiger partial charge in [0.25, 0.3) is 5.91 Å². The van der Waals surface area contributed by atoms with Gasteiger partial charge in [-0.05, 0) is 23.6 Å². The molecule has 1 fully saturated rings. The summed E-state index contributed by atoms with van der Waals surface area (Å²) in [6.07, 6.45) is -0.489. The van der Waals surface area contributed by atoms with Crippen LogP contribution in [0.1, 0.15) is 21.3 Å².